The van der Waals surface area contributed by atoms with E-state index >= 15 is 0 Å². The largest absolute Gasteiger partial charge is 0.516 e. The van der Waals surface area contributed by atoms with Crippen LogP contribution in [-0.4, -0.2) is 50.7 Å². The fourth-order valence-electron chi connectivity index (χ4n) is 2.09. The maximum atomic E-state index is 13.3. The van der Waals surface area contributed by atoms with Gasteiger partial charge in [-0.25, -0.2) is 19.6 Å². The molecule has 13 heteroatoms. The van der Waals surface area contributed by atoms with Gasteiger partial charge in [-0.1, -0.05) is 0 Å². The van der Waals surface area contributed by atoms with E-state index in [0.29, 0.717) is 0 Å². The third-order valence-corrected chi connectivity index (χ3v) is 4.13. The van der Waals surface area contributed by atoms with Crippen molar-refractivity contribution in [1.82, 2.24) is 9.97 Å². The number of aromatic nitrogens is 2. The fraction of sp³-hybridized carbons (Fsp3) is 0.538. The SMILES string of the molecule is CC1(C)OB(c2cnc(N(C(=O)O)C(=O)O)c(C(F)(F)F)n2)OC1(C)C. The molecule has 2 amide bonds. The summed E-state index contributed by atoms with van der Waals surface area (Å²) < 4.78 is 51.1. The zero-order valence-corrected chi connectivity index (χ0v) is 14.2. The lowest BCUT2D eigenvalue weighted by Crippen LogP contribution is -2.41. The zero-order chi connectivity index (χ0) is 20.1. The number of rotatable bonds is 2. The summed E-state index contributed by atoms with van der Waals surface area (Å²) in [6.07, 6.45) is -8.68. The van der Waals surface area contributed by atoms with Crippen LogP contribution in [-0.2, 0) is 15.5 Å². The molecule has 142 valence electrons. The van der Waals surface area contributed by atoms with Gasteiger partial charge in [0.15, 0.2) is 11.5 Å². The Kier molecular flexibility index (Phi) is 4.66. The van der Waals surface area contributed by atoms with Crippen molar-refractivity contribution in [2.75, 3.05) is 4.90 Å². The number of anilines is 1. The molecule has 2 heterocycles. The summed E-state index contributed by atoms with van der Waals surface area (Å²) in [7, 11) is -1.29. The van der Waals surface area contributed by atoms with Crippen LogP contribution >= 0.6 is 0 Å². The van der Waals surface area contributed by atoms with Crippen LogP contribution in [0.3, 0.4) is 0 Å². The van der Waals surface area contributed by atoms with Gasteiger partial charge in [-0.15, -0.1) is 0 Å². The van der Waals surface area contributed by atoms with E-state index in [1.54, 1.807) is 27.7 Å². The highest BCUT2D eigenvalue weighted by Crippen LogP contribution is 2.37. The van der Waals surface area contributed by atoms with E-state index in [0.717, 1.165) is 6.20 Å². The number of carbonyl (C=O) groups is 2. The van der Waals surface area contributed by atoms with Gasteiger partial charge in [0.2, 0.25) is 0 Å². The highest BCUT2D eigenvalue weighted by atomic mass is 19.4. The molecule has 2 rings (SSSR count). The first-order valence-corrected chi connectivity index (χ1v) is 7.23. The summed E-state index contributed by atoms with van der Waals surface area (Å²) in [5, 5.41) is 17.7. The Morgan fingerprint density at radius 3 is 1.96 bits per heavy atom. The molecule has 0 bridgehead atoms. The molecule has 0 radical (unpaired) electrons. The lowest BCUT2D eigenvalue weighted by atomic mass is 9.85. The average molecular weight is 377 g/mol. The van der Waals surface area contributed by atoms with Gasteiger partial charge in [-0.2, -0.15) is 18.1 Å². The summed E-state index contributed by atoms with van der Waals surface area (Å²) in [5.41, 5.74) is -3.86. The summed E-state index contributed by atoms with van der Waals surface area (Å²) in [4.78, 5) is 28.1. The molecule has 1 aliphatic rings. The van der Waals surface area contributed by atoms with Gasteiger partial charge >= 0.3 is 25.5 Å². The van der Waals surface area contributed by atoms with Gasteiger partial charge in [0.1, 0.15) is 0 Å². The van der Waals surface area contributed by atoms with Crippen molar-refractivity contribution in [1.29, 1.82) is 0 Å². The van der Waals surface area contributed by atoms with Crippen molar-refractivity contribution in [3.8, 4) is 0 Å². The Balaban J connectivity index is 2.54. The summed E-state index contributed by atoms with van der Waals surface area (Å²) in [5.74, 6) is -1.38. The topological polar surface area (TPSA) is 122 Å². The van der Waals surface area contributed by atoms with Crippen LogP contribution in [0, 0.1) is 0 Å². The number of hydrogen-bond donors (Lipinski definition) is 2. The molecular weight excluding hydrogens is 362 g/mol. The number of imide groups is 1. The Morgan fingerprint density at radius 2 is 1.58 bits per heavy atom. The molecule has 1 aliphatic heterocycles. The first-order valence-electron chi connectivity index (χ1n) is 7.23. The van der Waals surface area contributed by atoms with Crippen molar-refractivity contribution in [2.24, 2.45) is 0 Å². The van der Waals surface area contributed by atoms with Crippen molar-refractivity contribution in [3.63, 3.8) is 0 Å². The van der Waals surface area contributed by atoms with Crippen LogP contribution < -0.4 is 10.5 Å². The van der Waals surface area contributed by atoms with E-state index in [4.69, 9.17) is 19.5 Å². The molecule has 9 nitrogen and oxygen atoms in total. The van der Waals surface area contributed by atoms with Gasteiger partial charge in [0.25, 0.3) is 0 Å². The quantitative estimate of drug-likeness (QED) is 0.750. The minimum Gasteiger partial charge on any atom is -0.464 e. The minimum atomic E-state index is -5.16. The second-order valence-corrected chi connectivity index (χ2v) is 6.45. The van der Waals surface area contributed by atoms with Crippen molar-refractivity contribution in [3.05, 3.63) is 11.9 Å². The summed E-state index contributed by atoms with van der Waals surface area (Å²) in [6.45, 7) is 6.71. The minimum absolute atomic E-state index is 0.365. The second-order valence-electron chi connectivity index (χ2n) is 6.45. The van der Waals surface area contributed by atoms with Crippen LogP contribution in [0.25, 0.3) is 0 Å². The van der Waals surface area contributed by atoms with Crippen LogP contribution in [0.2, 0.25) is 0 Å². The van der Waals surface area contributed by atoms with Gasteiger partial charge in [-0.3, -0.25) is 0 Å². The van der Waals surface area contributed by atoms with E-state index in [2.05, 4.69) is 9.97 Å². The molecule has 0 saturated carbocycles. The smallest absolute Gasteiger partial charge is 0.464 e. The highest BCUT2D eigenvalue weighted by molar-refractivity contribution is 6.61. The molecule has 0 aliphatic carbocycles. The lowest BCUT2D eigenvalue weighted by Gasteiger charge is -2.32. The first kappa shape index (κ1) is 19.9. The molecule has 0 unspecified atom stereocenters. The average Bonchev–Trinajstić information content (AvgIpc) is 2.65. The van der Waals surface area contributed by atoms with Crippen LogP contribution in [0.1, 0.15) is 33.4 Å². The van der Waals surface area contributed by atoms with E-state index in [1.165, 1.54) is 0 Å². The molecule has 1 saturated heterocycles. The van der Waals surface area contributed by atoms with E-state index in [9.17, 15) is 22.8 Å². The van der Waals surface area contributed by atoms with Crippen molar-refractivity contribution in [2.45, 2.75) is 45.1 Å². The third-order valence-electron chi connectivity index (χ3n) is 4.13. The van der Waals surface area contributed by atoms with Crippen LogP contribution in [0.15, 0.2) is 6.20 Å². The standard InChI is InChI=1S/C13H15BF3N3O6/c1-11(2)12(3,4)26-14(25-11)6-5-18-8(7(19-6)13(15,16)17)20(9(21)22)10(23)24/h5H,1-4H3,(H,21,22)(H,23,24). The normalized spacial score (nSPS) is 18.7. The Morgan fingerprint density at radius 1 is 1.12 bits per heavy atom. The van der Waals surface area contributed by atoms with E-state index in [1.807, 2.05) is 0 Å². The van der Waals surface area contributed by atoms with Crippen molar-refractivity contribution < 1.29 is 42.3 Å². The number of nitrogens with zero attached hydrogens (tertiary/aromatic N) is 3. The third kappa shape index (κ3) is 3.44. The maximum absolute atomic E-state index is 13.3. The van der Waals surface area contributed by atoms with Gasteiger partial charge < -0.3 is 19.5 Å². The predicted octanol–water partition coefficient (Wildman–Crippen LogP) is 1.96. The Labute approximate surface area is 145 Å². The first-order chi connectivity index (χ1) is 11.7. The van der Waals surface area contributed by atoms with Crippen LogP contribution in [0.4, 0.5) is 28.6 Å². The monoisotopic (exact) mass is 377 g/mol. The van der Waals surface area contributed by atoms with Crippen LogP contribution in [0.5, 0.6) is 0 Å². The van der Waals surface area contributed by atoms with E-state index < -0.39 is 53.1 Å². The van der Waals surface area contributed by atoms with Gasteiger partial charge in [0, 0.05) is 6.20 Å². The molecule has 0 spiro atoms. The number of alkyl halides is 3. The predicted molar refractivity (Wildman–Crippen MR) is 81.3 cm³/mol. The highest BCUT2D eigenvalue weighted by Gasteiger charge is 2.53. The van der Waals surface area contributed by atoms with Gasteiger partial charge in [0.05, 0.1) is 16.8 Å². The number of halogens is 3. The number of hydrogen-bond acceptors (Lipinski definition) is 6. The number of carboxylic acid groups (broad SMARTS) is 2. The molecule has 26 heavy (non-hydrogen) atoms. The summed E-state index contributed by atoms with van der Waals surface area (Å²) in [6, 6.07) is 0. The Bertz CT molecular complexity index is 725. The maximum Gasteiger partial charge on any atom is 0.516 e. The molecule has 1 aromatic rings. The Hall–Kier alpha value is -2.41. The molecule has 0 aromatic carbocycles. The number of amides is 2. The zero-order valence-electron chi connectivity index (χ0n) is 14.2. The summed E-state index contributed by atoms with van der Waals surface area (Å²) >= 11 is 0. The second kappa shape index (κ2) is 6.09. The van der Waals surface area contributed by atoms with E-state index in [-0.39, 0.29) is 5.59 Å². The molecule has 2 N–H and O–H groups in total. The fourth-order valence-corrected chi connectivity index (χ4v) is 2.09. The molecule has 0 atom stereocenters. The molecule has 1 fully saturated rings. The lowest BCUT2D eigenvalue weighted by molar-refractivity contribution is -0.140. The van der Waals surface area contributed by atoms with Gasteiger partial charge in [-0.05, 0) is 27.7 Å². The molecular formula is C13H15BF3N3O6. The molecule has 1 aromatic heterocycles. The van der Waals surface area contributed by atoms with Crippen molar-refractivity contribution >= 4 is 30.7 Å².